The van der Waals surface area contributed by atoms with Crippen molar-refractivity contribution in [1.82, 2.24) is 9.88 Å². The Labute approximate surface area is 130 Å². The molecule has 1 heterocycles. The zero-order valence-corrected chi connectivity index (χ0v) is 13.9. The predicted octanol–water partition coefficient (Wildman–Crippen LogP) is 2.71. The molecule has 0 aliphatic rings. The highest BCUT2D eigenvalue weighted by Crippen LogP contribution is 2.26. The molecule has 7 heteroatoms. The quantitative estimate of drug-likeness (QED) is 0.595. The van der Waals surface area contributed by atoms with Gasteiger partial charge in [-0.15, -0.1) is 0 Å². The van der Waals surface area contributed by atoms with Crippen molar-refractivity contribution in [3.63, 3.8) is 0 Å². The molecule has 0 aliphatic carbocycles. The summed E-state index contributed by atoms with van der Waals surface area (Å²) in [7, 11) is 0. The van der Waals surface area contributed by atoms with Gasteiger partial charge in [-0.2, -0.15) is 0 Å². The van der Waals surface area contributed by atoms with Crippen molar-refractivity contribution in [3.05, 3.63) is 27.9 Å². The van der Waals surface area contributed by atoms with E-state index >= 15 is 0 Å². The van der Waals surface area contributed by atoms with Gasteiger partial charge >= 0.3 is 5.82 Å². The molecule has 1 aromatic rings. The van der Waals surface area contributed by atoms with Gasteiger partial charge in [-0.1, -0.05) is 0 Å². The van der Waals surface area contributed by atoms with Crippen molar-refractivity contribution in [2.45, 2.75) is 59.7 Å². The minimum absolute atomic E-state index is 0.00362. The average molecular weight is 309 g/mol. The van der Waals surface area contributed by atoms with Crippen LogP contribution < -0.4 is 4.74 Å². The van der Waals surface area contributed by atoms with E-state index in [0.717, 1.165) is 0 Å². The molecule has 1 aromatic heterocycles. The number of hydrogen-bond acceptors (Lipinski definition) is 5. The predicted molar refractivity (Wildman–Crippen MR) is 82.8 cm³/mol. The Morgan fingerprint density at radius 3 is 2.23 bits per heavy atom. The van der Waals surface area contributed by atoms with Crippen LogP contribution in [0.25, 0.3) is 0 Å². The Kier molecular flexibility index (Phi) is 5.84. The highest BCUT2D eigenvalue weighted by atomic mass is 16.6. The maximum absolute atomic E-state index is 12.5. The van der Waals surface area contributed by atoms with E-state index < -0.39 is 11.0 Å². The Balaban J connectivity index is 3.00. The largest absolute Gasteiger partial charge is 0.473 e. The number of aryl methyl sites for hydroxylation is 1. The van der Waals surface area contributed by atoms with E-state index in [2.05, 4.69) is 4.98 Å². The summed E-state index contributed by atoms with van der Waals surface area (Å²) in [6.45, 7) is 10.9. The zero-order chi connectivity index (χ0) is 17.0. The van der Waals surface area contributed by atoms with E-state index in [9.17, 15) is 14.9 Å². The molecule has 1 rings (SSSR count). The van der Waals surface area contributed by atoms with Crippen molar-refractivity contribution in [1.29, 1.82) is 0 Å². The van der Waals surface area contributed by atoms with Crippen LogP contribution in [0, 0.1) is 17.0 Å². The van der Waals surface area contributed by atoms with E-state index in [4.69, 9.17) is 4.74 Å². The third-order valence-corrected chi connectivity index (χ3v) is 3.17. The molecule has 0 saturated heterocycles. The molecule has 7 nitrogen and oxygen atoms in total. The summed E-state index contributed by atoms with van der Waals surface area (Å²) < 4.78 is 5.51. The number of pyridine rings is 1. The van der Waals surface area contributed by atoms with Gasteiger partial charge < -0.3 is 19.8 Å². The fourth-order valence-corrected chi connectivity index (χ4v) is 2.31. The van der Waals surface area contributed by atoms with Crippen LogP contribution in [0.1, 0.15) is 40.3 Å². The molecule has 122 valence electrons. The fraction of sp³-hybridized carbons (Fsp3) is 0.600. The van der Waals surface area contributed by atoms with Crippen LogP contribution in [0.4, 0.5) is 5.82 Å². The number of nitro groups is 1. The summed E-state index contributed by atoms with van der Waals surface area (Å²) in [6, 6.07) is 3.12. The third-order valence-electron chi connectivity index (χ3n) is 3.17. The average Bonchev–Trinajstić information content (AvgIpc) is 2.39. The highest BCUT2D eigenvalue weighted by molar-refractivity contribution is 5.81. The van der Waals surface area contributed by atoms with Crippen molar-refractivity contribution in [3.8, 4) is 5.75 Å². The third kappa shape index (κ3) is 4.16. The molecular weight excluding hydrogens is 286 g/mol. The molecule has 22 heavy (non-hydrogen) atoms. The summed E-state index contributed by atoms with van der Waals surface area (Å²) in [5, 5.41) is 11.0. The molecule has 0 saturated carbocycles. The van der Waals surface area contributed by atoms with Gasteiger partial charge in [-0.05, 0) is 56.7 Å². The molecule has 0 fully saturated rings. The first-order valence-electron chi connectivity index (χ1n) is 7.26. The summed E-state index contributed by atoms with van der Waals surface area (Å²) in [6.07, 6.45) is -0.826. The van der Waals surface area contributed by atoms with E-state index in [1.165, 1.54) is 6.07 Å². The highest BCUT2D eigenvalue weighted by Gasteiger charge is 2.28. The second-order valence-electron chi connectivity index (χ2n) is 5.72. The minimum Gasteiger partial charge on any atom is -0.473 e. The smallest absolute Gasteiger partial charge is 0.406 e. The number of rotatable bonds is 6. The molecular formula is C15H23N3O4. The van der Waals surface area contributed by atoms with Gasteiger partial charge in [0.15, 0.2) is 6.10 Å². The van der Waals surface area contributed by atoms with Crippen molar-refractivity contribution in [2.75, 3.05) is 0 Å². The number of ether oxygens (including phenoxy) is 1. The molecule has 0 radical (unpaired) electrons. The maximum atomic E-state index is 12.5. The van der Waals surface area contributed by atoms with Crippen LogP contribution in [-0.4, -0.2) is 38.9 Å². The molecule has 1 amide bonds. The number of carbonyl (C=O) groups is 1. The maximum Gasteiger partial charge on any atom is 0.406 e. The van der Waals surface area contributed by atoms with Crippen LogP contribution in [0.15, 0.2) is 12.1 Å². The second-order valence-corrected chi connectivity index (χ2v) is 5.72. The lowest BCUT2D eigenvalue weighted by Gasteiger charge is -2.32. The summed E-state index contributed by atoms with van der Waals surface area (Å²) in [4.78, 5) is 28.5. The minimum atomic E-state index is -0.826. The molecule has 0 bridgehead atoms. The van der Waals surface area contributed by atoms with Gasteiger partial charge in [-0.25, -0.2) is 0 Å². The van der Waals surface area contributed by atoms with Crippen molar-refractivity contribution < 1.29 is 14.5 Å². The Morgan fingerprint density at radius 1 is 1.23 bits per heavy atom. The number of aromatic nitrogens is 1. The Morgan fingerprint density at radius 2 is 1.77 bits per heavy atom. The van der Waals surface area contributed by atoms with Crippen LogP contribution >= 0.6 is 0 Å². The van der Waals surface area contributed by atoms with E-state index in [0.29, 0.717) is 5.69 Å². The van der Waals surface area contributed by atoms with Gasteiger partial charge in [0.1, 0.15) is 5.69 Å². The van der Waals surface area contributed by atoms with E-state index in [1.54, 1.807) is 24.8 Å². The number of carbonyl (C=O) groups excluding carboxylic acids is 1. The normalized spacial score (nSPS) is 12.4. The van der Waals surface area contributed by atoms with E-state index in [-0.39, 0.29) is 29.6 Å². The zero-order valence-electron chi connectivity index (χ0n) is 13.9. The van der Waals surface area contributed by atoms with Crippen LogP contribution in [-0.2, 0) is 4.79 Å². The lowest BCUT2D eigenvalue weighted by atomic mass is 10.2. The summed E-state index contributed by atoms with van der Waals surface area (Å²) >= 11 is 0. The van der Waals surface area contributed by atoms with Crippen molar-refractivity contribution >= 4 is 11.7 Å². The topological polar surface area (TPSA) is 85.6 Å². The number of amides is 1. The Hall–Kier alpha value is -2.18. The van der Waals surface area contributed by atoms with Gasteiger partial charge in [-0.3, -0.25) is 4.79 Å². The monoisotopic (exact) mass is 309 g/mol. The lowest BCUT2D eigenvalue weighted by Crippen LogP contribution is -2.48. The Bertz CT molecular complexity index is 550. The van der Waals surface area contributed by atoms with Crippen molar-refractivity contribution in [2.24, 2.45) is 0 Å². The standard InChI is InChI=1S/C15H23N3O4/c1-9(2)17(10(3)4)15(19)12(6)22-13-8-7-11(5)16-14(13)18(20)21/h7-10,12H,1-6H3/t12-/m0/s1. The second kappa shape index (κ2) is 7.20. The first-order chi connectivity index (χ1) is 10.1. The molecule has 1 atom stereocenters. The SMILES string of the molecule is Cc1ccc(O[C@@H](C)C(=O)N(C(C)C)C(C)C)c([N+](=O)[O-])n1. The van der Waals surface area contributed by atoms with Crippen LogP contribution in [0.3, 0.4) is 0 Å². The van der Waals surface area contributed by atoms with Gasteiger partial charge in [0.05, 0.1) is 0 Å². The molecule has 0 spiro atoms. The first kappa shape index (κ1) is 17.9. The summed E-state index contributed by atoms with van der Waals surface area (Å²) in [5.41, 5.74) is 0.518. The summed E-state index contributed by atoms with van der Waals surface area (Å²) in [5.74, 6) is -0.580. The van der Waals surface area contributed by atoms with Gasteiger partial charge in [0.25, 0.3) is 5.91 Å². The molecule has 0 aliphatic heterocycles. The van der Waals surface area contributed by atoms with Gasteiger partial charge in [0.2, 0.25) is 5.75 Å². The molecule has 0 unspecified atom stereocenters. The number of hydrogen-bond donors (Lipinski definition) is 0. The molecule has 0 aromatic carbocycles. The van der Waals surface area contributed by atoms with Gasteiger partial charge in [0, 0.05) is 19.0 Å². The van der Waals surface area contributed by atoms with Crippen LogP contribution in [0.2, 0.25) is 0 Å². The molecule has 0 N–H and O–H groups in total. The van der Waals surface area contributed by atoms with Crippen LogP contribution in [0.5, 0.6) is 5.75 Å². The fourth-order valence-electron chi connectivity index (χ4n) is 2.31. The van der Waals surface area contributed by atoms with E-state index in [1.807, 2.05) is 27.7 Å². The lowest BCUT2D eigenvalue weighted by molar-refractivity contribution is -0.390. The number of nitrogens with zero attached hydrogens (tertiary/aromatic N) is 3. The first-order valence-corrected chi connectivity index (χ1v) is 7.26.